The highest BCUT2D eigenvalue weighted by molar-refractivity contribution is 5.88. The average Bonchev–Trinajstić information content (AvgIpc) is 2.93. The molecule has 0 spiro atoms. The van der Waals surface area contributed by atoms with Crippen molar-refractivity contribution in [3.8, 4) is 5.75 Å². The summed E-state index contributed by atoms with van der Waals surface area (Å²) in [4.78, 5) is 11.0. The Labute approximate surface area is 114 Å². The lowest BCUT2D eigenvalue weighted by atomic mass is 10.1. The van der Waals surface area contributed by atoms with Gasteiger partial charge >= 0.3 is 5.97 Å². The average molecular weight is 268 g/mol. The largest absolute Gasteiger partial charge is 0.487 e. The van der Waals surface area contributed by atoms with E-state index < -0.39 is 5.97 Å². The first kappa shape index (κ1) is 12.2. The molecule has 0 atom stereocenters. The third kappa shape index (κ3) is 2.33. The van der Waals surface area contributed by atoms with E-state index in [2.05, 4.69) is 10.2 Å². The Morgan fingerprint density at radius 3 is 2.80 bits per heavy atom. The predicted octanol–water partition coefficient (Wildman–Crippen LogP) is 2.84. The fourth-order valence-corrected chi connectivity index (χ4v) is 2.02. The van der Waals surface area contributed by atoms with Gasteiger partial charge in [0.15, 0.2) is 0 Å². The summed E-state index contributed by atoms with van der Waals surface area (Å²) in [5.74, 6) is -0.328. The second kappa shape index (κ2) is 5.05. The van der Waals surface area contributed by atoms with Crippen molar-refractivity contribution in [2.45, 2.75) is 6.61 Å². The molecule has 0 unspecified atom stereocenters. The number of H-pyrrole nitrogens is 1. The summed E-state index contributed by atoms with van der Waals surface area (Å²) < 4.78 is 5.61. The van der Waals surface area contributed by atoms with Gasteiger partial charge in [-0.2, -0.15) is 5.10 Å². The van der Waals surface area contributed by atoms with Crippen LogP contribution in [-0.2, 0) is 6.61 Å². The molecule has 5 heteroatoms. The molecule has 0 saturated heterocycles. The van der Waals surface area contributed by atoms with Crippen LogP contribution in [0, 0.1) is 0 Å². The molecule has 0 aliphatic carbocycles. The van der Waals surface area contributed by atoms with Gasteiger partial charge in [-0.1, -0.05) is 30.3 Å². The molecule has 5 nitrogen and oxygen atoms in total. The number of benzene rings is 2. The summed E-state index contributed by atoms with van der Waals surface area (Å²) in [7, 11) is 0. The Kier molecular flexibility index (Phi) is 3.09. The zero-order valence-corrected chi connectivity index (χ0v) is 10.5. The second-order valence-electron chi connectivity index (χ2n) is 4.37. The van der Waals surface area contributed by atoms with Crippen molar-refractivity contribution in [3.05, 3.63) is 59.9 Å². The predicted molar refractivity (Wildman–Crippen MR) is 73.8 cm³/mol. The fraction of sp³-hybridized carbons (Fsp3) is 0.0667. The van der Waals surface area contributed by atoms with E-state index in [0.29, 0.717) is 11.4 Å². The van der Waals surface area contributed by atoms with Crippen molar-refractivity contribution in [1.82, 2.24) is 10.2 Å². The van der Waals surface area contributed by atoms with Crippen LogP contribution >= 0.6 is 0 Å². The Bertz CT molecular complexity index is 764. The SMILES string of the molecule is O=C(O)c1cn[nH]c1COc1ccc2ccccc2c1. The van der Waals surface area contributed by atoms with E-state index in [-0.39, 0.29) is 12.2 Å². The van der Waals surface area contributed by atoms with E-state index in [1.807, 2.05) is 42.5 Å². The van der Waals surface area contributed by atoms with Gasteiger partial charge in [-0.3, -0.25) is 5.10 Å². The molecule has 0 saturated carbocycles. The topological polar surface area (TPSA) is 75.2 Å². The van der Waals surface area contributed by atoms with E-state index in [4.69, 9.17) is 9.84 Å². The Hall–Kier alpha value is -2.82. The molecule has 20 heavy (non-hydrogen) atoms. The van der Waals surface area contributed by atoms with Gasteiger partial charge in [0.2, 0.25) is 0 Å². The molecule has 3 aromatic rings. The van der Waals surface area contributed by atoms with Crippen molar-refractivity contribution in [1.29, 1.82) is 0 Å². The molecule has 3 rings (SSSR count). The number of carboxylic acids is 1. The van der Waals surface area contributed by atoms with Crippen molar-refractivity contribution in [3.63, 3.8) is 0 Å². The summed E-state index contributed by atoms with van der Waals surface area (Å²) in [5, 5.41) is 17.5. The summed E-state index contributed by atoms with van der Waals surface area (Å²) in [6, 6.07) is 13.7. The lowest BCUT2D eigenvalue weighted by molar-refractivity contribution is 0.0694. The van der Waals surface area contributed by atoms with Crippen LogP contribution in [0.25, 0.3) is 10.8 Å². The fourth-order valence-electron chi connectivity index (χ4n) is 2.02. The monoisotopic (exact) mass is 268 g/mol. The standard InChI is InChI=1S/C15H12N2O3/c18-15(19)13-8-16-17-14(13)9-20-12-6-5-10-3-1-2-4-11(10)7-12/h1-8H,9H2,(H,16,17)(H,18,19). The summed E-state index contributed by atoms with van der Waals surface area (Å²) >= 11 is 0. The van der Waals surface area contributed by atoms with E-state index in [9.17, 15) is 4.79 Å². The Morgan fingerprint density at radius 1 is 1.20 bits per heavy atom. The lowest BCUT2D eigenvalue weighted by Gasteiger charge is -2.06. The smallest absolute Gasteiger partial charge is 0.339 e. The summed E-state index contributed by atoms with van der Waals surface area (Å²) in [5.41, 5.74) is 0.580. The van der Waals surface area contributed by atoms with Gasteiger partial charge in [-0.15, -0.1) is 0 Å². The van der Waals surface area contributed by atoms with Gasteiger partial charge in [0.25, 0.3) is 0 Å². The third-order valence-electron chi connectivity index (χ3n) is 3.05. The first-order valence-electron chi connectivity index (χ1n) is 6.11. The van der Waals surface area contributed by atoms with Crippen LogP contribution in [0.2, 0.25) is 0 Å². The molecule has 0 fully saturated rings. The highest BCUT2D eigenvalue weighted by atomic mass is 16.5. The number of hydrogen-bond donors (Lipinski definition) is 2. The van der Waals surface area contributed by atoms with Gasteiger partial charge in [-0.05, 0) is 22.9 Å². The molecular formula is C15H12N2O3. The zero-order chi connectivity index (χ0) is 13.9. The number of nitrogens with one attached hydrogen (secondary N) is 1. The van der Waals surface area contributed by atoms with Crippen LogP contribution in [-0.4, -0.2) is 21.3 Å². The highest BCUT2D eigenvalue weighted by Crippen LogP contribution is 2.21. The highest BCUT2D eigenvalue weighted by Gasteiger charge is 2.12. The molecule has 0 aliphatic heterocycles. The zero-order valence-electron chi connectivity index (χ0n) is 10.5. The third-order valence-corrected chi connectivity index (χ3v) is 3.05. The molecule has 0 bridgehead atoms. The molecule has 1 heterocycles. The number of nitrogens with zero attached hydrogens (tertiary/aromatic N) is 1. The number of aromatic carboxylic acids is 1. The van der Waals surface area contributed by atoms with Crippen LogP contribution in [0.1, 0.15) is 16.1 Å². The maximum absolute atomic E-state index is 11.0. The van der Waals surface area contributed by atoms with E-state index in [1.165, 1.54) is 6.20 Å². The second-order valence-corrected chi connectivity index (χ2v) is 4.37. The number of carboxylic acid groups (broad SMARTS) is 1. The molecule has 2 aromatic carbocycles. The van der Waals surface area contributed by atoms with Crippen molar-refractivity contribution in [2.75, 3.05) is 0 Å². The lowest BCUT2D eigenvalue weighted by Crippen LogP contribution is -2.03. The quantitative estimate of drug-likeness (QED) is 0.763. The van der Waals surface area contributed by atoms with E-state index in [1.54, 1.807) is 0 Å². The number of aromatic amines is 1. The maximum Gasteiger partial charge on any atom is 0.339 e. The number of carbonyl (C=O) groups is 1. The Balaban J connectivity index is 1.79. The number of rotatable bonds is 4. The number of hydrogen-bond acceptors (Lipinski definition) is 3. The van der Waals surface area contributed by atoms with Crippen molar-refractivity contribution in [2.24, 2.45) is 0 Å². The molecule has 2 N–H and O–H groups in total. The van der Waals surface area contributed by atoms with E-state index >= 15 is 0 Å². The maximum atomic E-state index is 11.0. The normalized spacial score (nSPS) is 10.6. The van der Waals surface area contributed by atoms with Crippen LogP contribution in [0.4, 0.5) is 0 Å². The molecule has 100 valence electrons. The van der Waals surface area contributed by atoms with Crippen LogP contribution < -0.4 is 4.74 Å². The van der Waals surface area contributed by atoms with Crippen LogP contribution in [0.3, 0.4) is 0 Å². The minimum atomic E-state index is -1.02. The summed E-state index contributed by atoms with van der Waals surface area (Å²) in [6.07, 6.45) is 1.28. The van der Waals surface area contributed by atoms with Gasteiger partial charge in [0.05, 0.1) is 11.9 Å². The van der Waals surface area contributed by atoms with Gasteiger partial charge < -0.3 is 9.84 Å². The molecule has 0 radical (unpaired) electrons. The van der Waals surface area contributed by atoms with Gasteiger partial charge in [0.1, 0.15) is 17.9 Å². The first-order chi connectivity index (χ1) is 9.74. The van der Waals surface area contributed by atoms with Crippen LogP contribution in [0.5, 0.6) is 5.75 Å². The van der Waals surface area contributed by atoms with Crippen molar-refractivity contribution < 1.29 is 14.6 Å². The molecule has 0 aliphatic rings. The molecular weight excluding hydrogens is 256 g/mol. The number of ether oxygens (including phenoxy) is 1. The molecule has 0 amide bonds. The van der Waals surface area contributed by atoms with Gasteiger partial charge in [0, 0.05) is 0 Å². The Morgan fingerprint density at radius 2 is 2.00 bits per heavy atom. The van der Waals surface area contributed by atoms with Crippen molar-refractivity contribution >= 4 is 16.7 Å². The van der Waals surface area contributed by atoms with Crippen LogP contribution in [0.15, 0.2) is 48.7 Å². The minimum Gasteiger partial charge on any atom is -0.487 e. The van der Waals surface area contributed by atoms with E-state index in [0.717, 1.165) is 10.8 Å². The minimum absolute atomic E-state index is 0.130. The first-order valence-corrected chi connectivity index (χ1v) is 6.11. The summed E-state index contributed by atoms with van der Waals surface area (Å²) in [6.45, 7) is 0.139. The molecule has 1 aromatic heterocycles. The number of fused-ring (bicyclic) bond motifs is 1. The van der Waals surface area contributed by atoms with Gasteiger partial charge in [-0.25, -0.2) is 4.79 Å². The number of aromatic nitrogens is 2.